The van der Waals surface area contributed by atoms with Crippen molar-refractivity contribution in [3.63, 3.8) is 0 Å². The van der Waals surface area contributed by atoms with Crippen molar-refractivity contribution in [1.82, 2.24) is 19.9 Å². The van der Waals surface area contributed by atoms with Crippen LogP contribution in [0.3, 0.4) is 0 Å². The fourth-order valence-corrected chi connectivity index (χ4v) is 5.68. The number of benzene rings is 3. The molecule has 2 atom stereocenters. The van der Waals surface area contributed by atoms with Gasteiger partial charge in [-0.15, -0.1) is 18.5 Å². The van der Waals surface area contributed by atoms with Crippen LogP contribution in [0.1, 0.15) is 0 Å². The van der Waals surface area contributed by atoms with Crippen LogP contribution in [0.15, 0.2) is 97.3 Å². The van der Waals surface area contributed by atoms with Gasteiger partial charge in [0.15, 0.2) is 0 Å². The molecule has 0 aliphatic carbocycles. The van der Waals surface area contributed by atoms with Gasteiger partial charge in [0, 0.05) is 45.1 Å². The molecule has 3 aromatic carbocycles. The number of fused-ring (bicyclic) bond motifs is 6. The summed E-state index contributed by atoms with van der Waals surface area (Å²) in [6.07, 6.45) is 3.65. The molecule has 2 unspecified atom stereocenters. The summed E-state index contributed by atoms with van der Waals surface area (Å²) in [5.41, 5.74) is 7.56. The highest BCUT2D eigenvalue weighted by atomic mass is 31.0. The normalized spacial score (nSPS) is 11.6. The molecule has 36 heavy (non-hydrogen) atoms. The SMILES string of the molecule is Pc1cc2ccc(-c3cccc(-c4ccc5cc(P)c6cccnc6c5n4)c3)nc2c2ncccc12. The zero-order chi connectivity index (χ0) is 24.2. The maximum Gasteiger partial charge on any atom is 0.0972 e. The lowest BCUT2D eigenvalue weighted by Crippen LogP contribution is -1.98. The molecular weight excluding hydrogens is 478 g/mol. The highest BCUT2D eigenvalue weighted by molar-refractivity contribution is 7.28. The third-order valence-electron chi connectivity index (χ3n) is 6.62. The van der Waals surface area contributed by atoms with Gasteiger partial charge in [0.05, 0.1) is 33.5 Å². The summed E-state index contributed by atoms with van der Waals surface area (Å²) in [5.74, 6) is 0. The highest BCUT2D eigenvalue weighted by Gasteiger charge is 2.11. The number of hydrogen-bond donors (Lipinski definition) is 0. The van der Waals surface area contributed by atoms with Gasteiger partial charge in [0.1, 0.15) is 0 Å². The van der Waals surface area contributed by atoms with Gasteiger partial charge in [-0.2, -0.15) is 0 Å². The third kappa shape index (κ3) is 3.45. The van der Waals surface area contributed by atoms with Gasteiger partial charge in [-0.25, -0.2) is 9.97 Å². The zero-order valence-corrected chi connectivity index (χ0v) is 21.5. The predicted molar refractivity (Wildman–Crippen MR) is 157 cm³/mol. The molecule has 4 aromatic heterocycles. The lowest BCUT2D eigenvalue weighted by Gasteiger charge is -2.10. The van der Waals surface area contributed by atoms with Crippen molar-refractivity contribution in [3.8, 4) is 22.5 Å². The fourth-order valence-electron chi connectivity index (χ4n) is 4.86. The smallest absolute Gasteiger partial charge is 0.0972 e. The molecule has 0 fully saturated rings. The summed E-state index contributed by atoms with van der Waals surface area (Å²) in [4.78, 5) is 19.4. The fraction of sp³-hybridized carbons (Fsp3) is 0. The third-order valence-corrected chi connectivity index (χ3v) is 7.57. The first-order valence-electron chi connectivity index (χ1n) is 11.6. The lowest BCUT2D eigenvalue weighted by molar-refractivity contribution is 1.36. The Labute approximate surface area is 212 Å². The first-order valence-corrected chi connectivity index (χ1v) is 12.8. The largest absolute Gasteiger partial charge is 0.254 e. The maximum absolute atomic E-state index is 5.05. The molecule has 4 heterocycles. The number of aromatic nitrogens is 4. The van der Waals surface area contributed by atoms with E-state index in [0.29, 0.717) is 0 Å². The van der Waals surface area contributed by atoms with Gasteiger partial charge in [-0.05, 0) is 53.1 Å². The molecule has 0 radical (unpaired) electrons. The average Bonchev–Trinajstić information content (AvgIpc) is 2.93. The standard InChI is InChI=1S/C30H20N4P2/c35-25-15-19-8-10-23(33-27(19)29-21(25)6-2-12-31-29)17-4-1-5-18(14-17)24-11-9-20-16-26(36)22-7-3-13-32-30(22)28(20)34-24/h1-16H,35-36H2. The molecule has 0 bridgehead atoms. The van der Waals surface area contributed by atoms with Crippen molar-refractivity contribution in [1.29, 1.82) is 0 Å². The monoisotopic (exact) mass is 498 g/mol. The van der Waals surface area contributed by atoms with E-state index in [1.54, 1.807) is 0 Å². The summed E-state index contributed by atoms with van der Waals surface area (Å²) in [5, 5.41) is 6.61. The number of rotatable bonds is 2. The Balaban J connectivity index is 1.38. The lowest BCUT2D eigenvalue weighted by atomic mass is 10.0. The Hall–Kier alpha value is -3.84. The number of nitrogens with zero attached hydrogens (tertiary/aromatic N) is 4. The summed E-state index contributed by atoms with van der Waals surface area (Å²) in [6.45, 7) is 0. The first-order chi connectivity index (χ1) is 17.7. The molecule has 0 amide bonds. The molecule has 0 saturated carbocycles. The minimum atomic E-state index is 0.911. The van der Waals surface area contributed by atoms with Crippen LogP contribution in [-0.2, 0) is 0 Å². The molecule has 0 spiro atoms. The van der Waals surface area contributed by atoms with E-state index in [0.717, 1.165) is 76.7 Å². The van der Waals surface area contributed by atoms with E-state index in [1.807, 2.05) is 24.5 Å². The molecule has 0 N–H and O–H groups in total. The molecule has 170 valence electrons. The summed E-state index contributed by atoms with van der Waals surface area (Å²) < 4.78 is 0. The zero-order valence-electron chi connectivity index (χ0n) is 19.2. The Morgan fingerprint density at radius 3 is 1.47 bits per heavy atom. The van der Waals surface area contributed by atoms with E-state index in [1.165, 1.54) is 0 Å². The van der Waals surface area contributed by atoms with E-state index in [2.05, 4.69) is 101 Å². The average molecular weight is 498 g/mol. The van der Waals surface area contributed by atoms with Crippen LogP contribution in [0.25, 0.3) is 66.1 Å². The molecule has 0 aliphatic rings. The van der Waals surface area contributed by atoms with Crippen LogP contribution < -0.4 is 10.6 Å². The summed E-state index contributed by atoms with van der Waals surface area (Å²) >= 11 is 0. The van der Waals surface area contributed by atoms with E-state index in [4.69, 9.17) is 9.97 Å². The molecule has 0 saturated heterocycles. The molecule has 4 nitrogen and oxygen atoms in total. The van der Waals surface area contributed by atoms with Crippen molar-refractivity contribution < 1.29 is 0 Å². The van der Waals surface area contributed by atoms with Crippen molar-refractivity contribution in [3.05, 3.63) is 97.3 Å². The van der Waals surface area contributed by atoms with E-state index in [9.17, 15) is 0 Å². The van der Waals surface area contributed by atoms with Crippen LogP contribution >= 0.6 is 18.5 Å². The highest BCUT2D eigenvalue weighted by Crippen LogP contribution is 2.30. The second-order valence-electron chi connectivity index (χ2n) is 8.85. The molecule has 7 rings (SSSR count). The van der Waals surface area contributed by atoms with Gasteiger partial charge in [-0.3, -0.25) is 9.97 Å². The number of hydrogen-bond acceptors (Lipinski definition) is 4. The van der Waals surface area contributed by atoms with Crippen molar-refractivity contribution >= 4 is 72.7 Å². The number of pyridine rings is 4. The Morgan fingerprint density at radius 1 is 0.472 bits per heavy atom. The van der Waals surface area contributed by atoms with Crippen LogP contribution in [0.2, 0.25) is 0 Å². The van der Waals surface area contributed by atoms with Gasteiger partial charge in [0.25, 0.3) is 0 Å². The Morgan fingerprint density at radius 2 is 0.972 bits per heavy atom. The second kappa shape index (κ2) is 8.38. The summed E-state index contributed by atoms with van der Waals surface area (Å²) in [6, 6.07) is 29.2. The minimum absolute atomic E-state index is 0.911. The first kappa shape index (κ1) is 21.4. The van der Waals surface area contributed by atoms with Gasteiger partial charge in [0.2, 0.25) is 0 Å². The maximum atomic E-state index is 5.05. The van der Waals surface area contributed by atoms with Crippen LogP contribution in [0.4, 0.5) is 0 Å². The predicted octanol–water partition coefficient (Wildman–Crippen LogP) is 6.21. The molecular formula is C30H20N4P2. The van der Waals surface area contributed by atoms with Gasteiger partial charge < -0.3 is 0 Å². The van der Waals surface area contributed by atoms with Crippen LogP contribution in [0.5, 0.6) is 0 Å². The summed E-state index contributed by atoms with van der Waals surface area (Å²) in [7, 11) is 5.62. The quantitative estimate of drug-likeness (QED) is 0.210. The van der Waals surface area contributed by atoms with E-state index < -0.39 is 0 Å². The van der Waals surface area contributed by atoms with Crippen molar-refractivity contribution in [2.24, 2.45) is 0 Å². The van der Waals surface area contributed by atoms with Crippen molar-refractivity contribution in [2.75, 3.05) is 0 Å². The van der Waals surface area contributed by atoms with Crippen molar-refractivity contribution in [2.45, 2.75) is 0 Å². The van der Waals surface area contributed by atoms with E-state index >= 15 is 0 Å². The molecule has 6 heteroatoms. The topological polar surface area (TPSA) is 51.6 Å². The van der Waals surface area contributed by atoms with Gasteiger partial charge in [-0.1, -0.05) is 42.5 Å². The second-order valence-corrected chi connectivity index (χ2v) is 10.1. The van der Waals surface area contributed by atoms with Gasteiger partial charge >= 0.3 is 0 Å². The minimum Gasteiger partial charge on any atom is -0.254 e. The molecule has 0 aliphatic heterocycles. The van der Waals surface area contributed by atoms with Crippen LogP contribution in [0, 0.1) is 0 Å². The Bertz CT molecular complexity index is 1840. The molecule has 7 aromatic rings. The Kier molecular flexibility index (Phi) is 4.99. The van der Waals surface area contributed by atoms with Crippen LogP contribution in [-0.4, -0.2) is 19.9 Å². The van der Waals surface area contributed by atoms with E-state index in [-0.39, 0.29) is 0 Å².